The molecule has 6 nitrogen and oxygen atoms in total. The Bertz CT molecular complexity index is 602. The van der Waals surface area contributed by atoms with Crippen molar-refractivity contribution in [2.24, 2.45) is 17.1 Å². The number of aromatic nitrogens is 1. The molecule has 1 atom stereocenters. The number of pyridine rings is 1. The maximum atomic E-state index is 13.2. The number of amides is 1. The first-order chi connectivity index (χ1) is 13.6. The fraction of sp³-hybridized carbons (Fsp3) is 0.727. The zero-order valence-electron chi connectivity index (χ0n) is 17.6. The van der Waals surface area contributed by atoms with E-state index in [1.54, 1.807) is 0 Å². The summed E-state index contributed by atoms with van der Waals surface area (Å²) in [6.45, 7) is 11.7. The Kier molecular flexibility index (Phi) is 7.30. The number of carbonyl (C=O) groups is 1. The third-order valence-corrected chi connectivity index (χ3v) is 6.87. The Morgan fingerprint density at radius 2 is 1.93 bits per heavy atom. The maximum absolute atomic E-state index is 13.2. The summed E-state index contributed by atoms with van der Waals surface area (Å²) in [5.74, 6) is 1.93. The minimum atomic E-state index is -0.365. The third kappa shape index (κ3) is 4.66. The molecule has 0 bridgehead atoms. The highest BCUT2D eigenvalue weighted by Gasteiger charge is 2.38. The van der Waals surface area contributed by atoms with Gasteiger partial charge in [-0.05, 0) is 43.7 Å². The first-order valence-electron chi connectivity index (χ1n) is 11.0. The largest absolute Gasteiger partial charge is 0.354 e. The summed E-state index contributed by atoms with van der Waals surface area (Å²) in [6.07, 6.45) is 5.85. The molecule has 1 aromatic heterocycles. The van der Waals surface area contributed by atoms with E-state index in [2.05, 4.69) is 45.7 Å². The molecule has 0 aliphatic carbocycles. The van der Waals surface area contributed by atoms with Gasteiger partial charge in [-0.3, -0.25) is 9.69 Å². The van der Waals surface area contributed by atoms with Crippen molar-refractivity contribution >= 4 is 11.7 Å². The minimum Gasteiger partial charge on any atom is -0.354 e. The summed E-state index contributed by atoms with van der Waals surface area (Å²) in [4.78, 5) is 24.7. The van der Waals surface area contributed by atoms with Crippen LogP contribution in [0.4, 0.5) is 5.82 Å². The van der Waals surface area contributed by atoms with Crippen LogP contribution in [0.2, 0.25) is 0 Å². The molecule has 1 aromatic rings. The summed E-state index contributed by atoms with van der Waals surface area (Å²) < 4.78 is 0. The molecule has 156 valence electrons. The van der Waals surface area contributed by atoms with Gasteiger partial charge in [0.15, 0.2) is 0 Å². The molecule has 6 heteroatoms. The number of hydrogen-bond acceptors (Lipinski definition) is 5. The van der Waals surface area contributed by atoms with Crippen molar-refractivity contribution in [1.29, 1.82) is 0 Å². The SMILES string of the molecule is CCC(CC)(CN)C(=O)N1CCCC(CN2CCN(c3ccccn3)CC2)C1. The van der Waals surface area contributed by atoms with Gasteiger partial charge in [0.1, 0.15) is 5.82 Å². The van der Waals surface area contributed by atoms with Crippen LogP contribution < -0.4 is 10.6 Å². The third-order valence-electron chi connectivity index (χ3n) is 6.87. The molecule has 2 aliphatic rings. The lowest BCUT2D eigenvalue weighted by atomic mass is 9.80. The van der Waals surface area contributed by atoms with Crippen molar-refractivity contribution < 1.29 is 4.79 Å². The van der Waals surface area contributed by atoms with Crippen LogP contribution in [0.1, 0.15) is 39.5 Å². The van der Waals surface area contributed by atoms with Gasteiger partial charge < -0.3 is 15.5 Å². The Hall–Kier alpha value is -1.66. The second-order valence-corrected chi connectivity index (χ2v) is 8.43. The predicted molar refractivity (Wildman–Crippen MR) is 114 cm³/mol. The Balaban J connectivity index is 1.51. The molecule has 2 fully saturated rings. The van der Waals surface area contributed by atoms with Gasteiger partial charge >= 0.3 is 0 Å². The van der Waals surface area contributed by atoms with Gasteiger partial charge in [0, 0.05) is 58.6 Å². The molecule has 0 saturated carbocycles. The van der Waals surface area contributed by atoms with E-state index in [1.807, 2.05) is 12.3 Å². The van der Waals surface area contributed by atoms with Crippen molar-refractivity contribution in [2.75, 3.05) is 57.3 Å². The van der Waals surface area contributed by atoms with Crippen molar-refractivity contribution in [3.8, 4) is 0 Å². The lowest BCUT2D eigenvalue weighted by Crippen LogP contribution is -2.53. The van der Waals surface area contributed by atoms with Gasteiger partial charge in [0.05, 0.1) is 5.41 Å². The smallest absolute Gasteiger partial charge is 0.230 e. The number of nitrogens with zero attached hydrogens (tertiary/aromatic N) is 4. The van der Waals surface area contributed by atoms with E-state index in [1.165, 1.54) is 6.42 Å². The Morgan fingerprint density at radius 3 is 2.54 bits per heavy atom. The quantitative estimate of drug-likeness (QED) is 0.777. The minimum absolute atomic E-state index is 0.282. The van der Waals surface area contributed by atoms with Crippen molar-refractivity contribution in [3.63, 3.8) is 0 Å². The van der Waals surface area contributed by atoms with Crippen molar-refractivity contribution in [1.82, 2.24) is 14.8 Å². The lowest BCUT2D eigenvalue weighted by Gasteiger charge is -2.42. The number of likely N-dealkylation sites (tertiary alicyclic amines) is 1. The number of carbonyl (C=O) groups excluding carboxylic acids is 1. The van der Waals surface area contributed by atoms with Crippen LogP contribution in [0, 0.1) is 11.3 Å². The molecule has 2 aliphatic heterocycles. The van der Waals surface area contributed by atoms with E-state index in [0.717, 1.165) is 70.9 Å². The van der Waals surface area contributed by atoms with Crippen molar-refractivity contribution in [3.05, 3.63) is 24.4 Å². The fourth-order valence-electron chi connectivity index (χ4n) is 4.73. The molecule has 1 unspecified atom stereocenters. The van der Waals surface area contributed by atoms with Gasteiger partial charge in [-0.2, -0.15) is 0 Å². The van der Waals surface area contributed by atoms with Gasteiger partial charge in [-0.15, -0.1) is 0 Å². The van der Waals surface area contributed by atoms with Crippen LogP contribution in [0.5, 0.6) is 0 Å². The highest BCUT2D eigenvalue weighted by molar-refractivity contribution is 5.83. The van der Waals surface area contributed by atoms with E-state index >= 15 is 0 Å². The molecule has 28 heavy (non-hydrogen) atoms. The average Bonchev–Trinajstić information content (AvgIpc) is 2.76. The number of piperidine rings is 1. The van der Waals surface area contributed by atoms with E-state index in [9.17, 15) is 4.79 Å². The number of hydrogen-bond donors (Lipinski definition) is 1. The van der Waals surface area contributed by atoms with Crippen LogP contribution in [-0.4, -0.2) is 73.0 Å². The summed E-state index contributed by atoms with van der Waals surface area (Å²) >= 11 is 0. The standard InChI is InChI=1S/C22H37N5O/c1-3-22(4-2,18-23)21(28)27-11-7-8-19(17-27)16-25-12-14-26(15-13-25)20-9-5-6-10-24-20/h5-6,9-10,19H,3-4,7-8,11-18,23H2,1-2H3. The zero-order chi connectivity index (χ0) is 20.0. The molecule has 0 spiro atoms. The summed E-state index contributed by atoms with van der Waals surface area (Å²) in [5.41, 5.74) is 5.65. The second kappa shape index (κ2) is 9.70. The lowest BCUT2D eigenvalue weighted by molar-refractivity contribution is -0.144. The van der Waals surface area contributed by atoms with E-state index in [0.29, 0.717) is 12.5 Å². The van der Waals surface area contributed by atoms with E-state index in [-0.39, 0.29) is 11.3 Å². The van der Waals surface area contributed by atoms with Crippen LogP contribution in [0.15, 0.2) is 24.4 Å². The molecular formula is C22H37N5O. The average molecular weight is 388 g/mol. The molecule has 3 rings (SSSR count). The normalized spacial score (nSPS) is 21.8. The highest BCUT2D eigenvalue weighted by atomic mass is 16.2. The van der Waals surface area contributed by atoms with Gasteiger partial charge in [0.2, 0.25) is 5.91 Å². The first kappa shape index (κ1) is 21.1. The Labute approximate surface area is 170 Å². The van der Waals surface area contributed by atoms with E-state index in [4.69, 9.17) is 5.73 Å². The van der Waals surface area contributed by atoms with Crippen LogP contribution in [-0.2, 0) is 4.79 Å². The highest BCUT2D eigenvalue weighted by Crippen LogP contribution is 2.30. The molecule has 0 radical (unpaired) electrons. The molecule has 1 amide bonds. The van der Waals surface area contributed by atoms with Crippen molar-refractivity contribution in [2.45, 2.75) is 39.5 Å². The molecule has 2 saturated heterocycles. The summed E-state index contributed by atoms with van der Waals surface area (Å²) in [6, 6.07) is 6.11. The zero-order valence-corrected chi connectivity index (χ0v) is 17.6. The number of nitrogens with two attached hydrogens (primary N) is 1. The van der Waals surface area contributed by atoms with Gasteiger partial charge in [-0.25, -0.2) is 4.98 Å². The van der Waals surface area contributed by atoms with Gasteiger partial charge in [0.25, 0.3) is 0 Å². The number of piperazine rings is 1. The van der Waals surface area contributed by atoms with E-state index < -0.39 is 0 Å². The van der Waals surface area contributed by atoms with Crippen LogP contribution in [0.3, 0.4) is 0 Å². The maximum Gasteiger partial charge on any atom is 0.230 e. The fourth-order valence-corrected chi connectivity index (χ4v) is 4.73. The summed E-state index contributed by atoms with van der Waals surface area (Å²) in [7, 11) is 0. The van der Waals surface area contributed by atoms with Crippen LogP contribution >= 0.6 is 0 Å². The number of rotatable bonds is 7. The monoisotopic (exact) mass is 387 g/mol. The van der Waals surface area contributed by atoms with Crippen LogP contribution in [0.25, 0.3) is 0 Å². The summed E-state index contributed by atoms with van der Waals surface area (Å²) in [5, 5.41) is 0. The number of anilines is 1. The molecule has 2 N–H and O–H groups in total. The first-order valence-corrected chi connectivity index (χ1v) is 11.0. The predicted octanol–water partition coefficient (Wildman–Crippen LogP) is 2.21. The van der Waals surface area contributed by atoms with Gasteiger partial charge in [-0.1, -0.05) is 19.9 Å². The molecule has 3 heterocycles. The molecular weight excluding hydrogens is 350 g/mol. The molecule has 0 aromatic carbocycles. The topological polar surface area (TPSA) is 65.7 Å². The Morgan fingerprint density at radius 1 is 1.18 bits per heavy atom. The second-order valence-electron chi connectivity index (χ2n) is 8.43.